The lowest BCUT2D eigenvalue weighted by Crippen LogP contribution is -2.36. The van der Waals surface area contributed by atoms with Crippen molar-refractivity contribution in [2.45, 2.75) is 26.7 Å². The molecule has 1 aromatic rings. The van der Waals surface area contributed by atoms with Crippen molar-refractivity contribution in [1.82, 2.24) is 14.9 Å². The minimum absolute atomic E-state index is 0.567. The maximum absolute atomic E-state index is 6.14. The Hall–Kier alpha value is -0.870. The zero-order valence-corrected chi connectivity index (χ0v) is 13.0. The van der Waals surface area contributed by atoms with Crippen LogP contribution in [0.5, 0.6) is 0 Å². The molecule has 4 nitrogen and oxygen atoms in total. The fourth-order valence-electron chi connectivity index (χ4n) is 2.67. The van der Waals surface area contributed by atoms with E-state index in [0.29, 0.717) is 5.15 Å². The number of aromatic nitrogens is 2. The Morgan fingerprint density at radius 3 is 2.53 bits per heavy atom. The summed E-state index contributed by atoms with van der Waals surface area (Å²) in [5, 5.41) is 0.567. The van der Waals surface area contributed by atoms with Crippen LogP contribution in [0, 0.1) is 19.8 Å². The Kier molecular flexibility index (Phi) is 4.63. The first-order valence-electron chi connectivity index (χ1n) is 6.87. The van der Waals surface area contributed by atoms with Crippen LogP contribution in [0.2, 0.25) is 5.15 Å². The highest BCUT2D eigenvalue weighted by Crippen LogP contribution is 2.25. The van der Waals surface area contributed by atoms with Crippen LogP contribution in [0.25, 0.3) is 0 Å². The maximum Gasteiger partial charge on any atom is 0.137 e. The zero-order valence-electron chi connectivity index (χ0n) is 12.3. The van der Waals surface area contributed by atoms with Gasteiger partial charge in [-0.2, -0.15) is 0 Å². The molecular formula is C14H23ClN4. The van der Waals surface area contributed by atoms with Gasteiger partial charge in [0.25, 0.3) is 0 Å². The Labute approximate surface area is 120 Å². The predicted molar refractivity (Wildman–Crippen MR) is 80.0 cm³/mol. The van der Waals surface area contributed by atoms with Crippen LogP contribution in [-0.2, 0) is 0 Å². The molecule has 106 valence electrons. The molecule has 0 bridgehead atoms. The van der Waals surface area contributed by atoms with E-state index in [4.69, 9.17) is 11.6 Å². The van der Waals surface area contributed by atoms with Crippen molar-refractivity contribution in [1.29, 1.82) is 0 Å². The van der Waals surface area contributed by atoms with Crippen molar-refractivity contribution in [3.63, 3.8) is 0 Å². The van der Waals surface area contributed by atoms with Crippen molar-refractivity contribution < 1.29 is 0 Å². The first kappa shape index (κ1) is 14.5. The van der Waals surface area contributed by atoms with Crippen molar-refractivity contribution in [3.8, 4) is 0 Å². The van der Waals surface area contributed by atoms with Crippen LogP contribution in [-0.4, -0.2) is 48.6 Å². The van der Waals surface area contributed by atoms with Gasteiger partial charge in [-0.1, -0.05) is 11.6 Å². The summed E-state index contributed by atoms with van der Waals surface area (Å²) in [6, 6.07) is 0. The van der Waals surface area contributed by atoms with E-state index in [2.05, 4.69) is 33.9 Å². The lowest BCUT2D eigenvalue weighted by molar-refractivity contribution is 0.222. The molecule has 0 atom stereocenters. The minimum atomic E-state index is 0.567. The standard InChI is InChI=1S/C14H23ClN4/c1-10-13(15)16-11(2)17-14(10)19(4)9-12-5-7-18(3)8-6-12/h12H,5-9H2,1-4H3. The van der Waals surface area contributed by atoms with E-state index < -0.39 is 0 Å². The Morgan fingerprint density at radius 1 is 1.26 bits per heavy atom. The number of hydrogen-bond donors (Lipinski definition) is 0. The van der Waals surface area contributed by atoms with Gasteiger partial charge in [-0.15, -0.1) is 0 Å². The van der Waals surface area contributed by atoms with Gasteiger partial charge in [-0.3, -0.25) is 0 Å². The third kappa shape index (κ3) is 3.57. The summed E-state index contributed by atoms with van der Waals surface area (Å²) in [6.07, 6.45) is 2.52. The number of hydrogen-bond acceptors (Lipinski definition) is 4. The number of nitrogens with zero attached hydrogens (tertiary/aromatic N) is 4. The van der Waals surface area contributed by atoms with Crippen molar-refractivity contribution in [3.05, 3.63) is 16.5 Å². The lowest BCUT2D eigenvalue weighted by atomic mass is 9.96. The second-order valence-corrected chi connectivity index (χ2v) is 6.00. The lowest BCUT2D eigenvalue weighted by Gasteiger charge is -2.32. The maximum atomic E-state index is 6.14. The summed E-state index contributed by atoms with van der Waals surface area (Å²) in [5.41, 5.74) is 0.975. The Bertz CT molecular complexity index is 441. The van der Waals surface area contributed by atoms with Crippen molar-refractivity contribution in [2.75, 3.05) is 38.6 Å². The molecular weight excluding hydrogens is 260 g/mol. The average molecular weight is 283 g/mol. The van der Waals surface area contributed by atoms with Gasteiger partial charge in [0.05, 0.1) is 0 Å². The van der Waals surface area contributed by atoms with Gasteiger partial charge in [0.1, 0.15) is 16.8 Å². The molecule has 1 aromatic heterocycles. The van der Waals surface area contributed by atoms with E-state index in [9.17, 15) is 0 Å². The predicted octanol–water partition coefficient (Wildman–Crippen LogP) is 2.52. The molecule has 2 rings (SSSR count). The third-order valence-corrected chi connectivity index (χ3v) is 4.27. The molecule has 1 aliphatic heterocycles. The molecule has 1 fully saturated rings. The van der Waals surface area contributed by atoms with Crippen LogP contribution < -0.4 is 4.90 Å². The fraction of sp³-hybridized carbons (Fsp3) is 0.714. The third-order valence-electron chi connectivity index (χ3n) is 3.90. The molecule has 0 spiro atoms. The highest BCUT2D eigenvalue weighted by atomic mass is 35.5. The van der Waals surface area contributed by atoms with Gasteiger partial charge < -0.3 is 9.80 Å². The van der Waals surface area contributed by atoms with E-state index in [1.807, 2.05) is 13.8 Å². The molecule has 0 radical (unpaired) electrons. The van der Waals surface area contributed by atoms with E-state index in [0.717, 1.165) is 29.7 Å². The molecule has 2 heterocycles. The topological polar surface area (TPSA) is 32.3 Å². The SMILES string of the molecule is Cc1nc(Cl)c(C)c(N(C)CC2CCN(C)CC2)n1. The van der Waals surface area contributed by atoms with E-state index in [-0.39, 0.29) is 0 Å². The summed E-state index contributed by atoms with van der Waals surface area (Å²) in [4.78, 5) is 13.4. The number of rotatable bonds is 3. The first-order chi connectivity index (χ1) is 8.97. The average Bonchev–Trinajstić information content (AvgIpc) is 2.36. The largest absolute Gasteiger partial charge is 0.359 e. The zero-order chi connectivity index (χ0) is 14.0. The Balaban J connectivity index is 2.05. The summed E-state index contributed by atoms with van der Waals surface area (Å²) < 4.78 is 0. The number of aryl methyl sites for hydroxylation is 1. The number of likely N-dealkylation sites (tertiary alicyclic amines) is 1. The molecule has 0 unspecified atom stereocenters. The normalized spacial score (nSPS) is 17.7. The number of anilines is 1. The van der Waals surface area contributed by atoms with E-state index in [1.54, 1.807) is 0 Å². The van der Waals surface area contributed by atoms with Gasteiger partial charge in [-0.25, -0.2) is 9.97 Å². The van der Waals surface area contributed by atoms with Gasteiger partial charge in [-0.05, 0) is 52.7 Å². The quantitative estimate of drug-likeness (QED) is 0.798. The molecule has 1 aliphatic rings. The van der Waals surface area contributed by atoms with Gasteiger partial charge in [0.2, 0.25) is 0 Å². The monoisotopic (exact) mass is 282 g/mol. The molecule has 0 amide bonds. The summed E-state index contributed by atoms with van der Waals surface area (Å²) in [7, 11) is 4.29. The van der Waals surface area contributed by atoms with Crippen molar-refractivity contribution >= 4 is 17.4 Å². The smallest absolute Gasteiger partial charge is 0.137 e. The summed E-state index contributed by atoms with van der Waals surface area (Å²) in [5.74, 6) is 2.45. The molecule has 0 N–H and O–H groups in total. The first-order valence-corrected chi connectivity index (χ1v) is 7.25. The van der Waals surface area contributed by atoms with Crippen LogP contribution in [0.3, 0.4) is 0 Å². The van der Waals surface area contributed by atoms with Crippen LogP contribution in [0.1, 0.15) is 24.2 Å². The Morgan fingerprint density at radius 2 is 1.89 bits per heavy atom. The van der Waals surface area contributed by atoms with Crippen LogP contribution in [0.15, 0.2) is 0 Å². The highest BCUT2D eigenvalue weighted by molar-refractivity contribution is 6.30. The molecule has 5 heteroatoms. The van der Waals surface area contributed by atoms with Gasteiger partial charge in [0.15, 0.2) is 0 Å². The molecule has 19 heavy (non-hydrogen) atoms. The van der Waals surface area contributed by atoms with E-state index in [1.165, 1.54) is 25.9 Å². The minimum Gasteiger partial charge on any atom is -0.359 e. The highest BCUT2D eigenvalue weighted by Gasteiger charge is 2.20. The summed E-state index contributed by atoms with van der Waals surface area (Å²) in [6.45, 7) is 7.31. The second kappa shape index (κ2) is 6.06. The number of piperidine rings is 1. The van der Waals surface area contributed by atoms with E-state index >= 15 is 0 Å². The molecule has 0 saturated carbocycles. The fourth-order valence-corrected chi connectivity index (χ4v) is 2.88. The van der Waals surface area contributed by atoms with Gasteiger partial charge >= 0.3 is 0 Å². The van der Waals surface area contributed by atoms with Gasteiger partial charge in [0, 0.05) is 19.2 Å². The second-order valence-electron chi connectivity index (χ2n) is 5.64. The van der Waals surface area contributed by atoms with Crippen LogP contribution >= 0.6 is 11.6 Å². The van der Waals surface area contributed by atoms with Crippen molar-refractivity contribution in [2.24, 2.45) is 5.92 Å². The summed E-state index contributed by atoms with van der Waals surface area (Å²) >= 11 is 6.14. The number of halogens is 1. The molecule has 1 saturated heterocycles. The molecule has 0 aliphatic carbocycles. The molecule has 0 aromatic carbocycles. The van der Waals surface area contributed by atoms with Crippen LogP contribution in [0.4, 0.5) is 5.82 Å².